The lowest BCUT2D eigenvalue weighted by Crippen LogP contribution is -2.33. The Labute approximate surface area is 565 Å². The molecule has 8 aromatic heterocycles. The molecule has 13 heterocycles. The number of ether oxygens (including phenoxy) is 5. The summed E-state index contributed by atoms with van der Waals surface area (Å²) >= 11 is 0. The molecule has 0 bridgehead atoms. The third-order valence-corrected chi connectivity index (χ3v) is 21.0. The number of nitrogens with two attached hydrogens (primary N) is 3. The quantitative estimate of drug-likeness (QED) is 0.0246. The molecule has 0 aromatic carbocycles. The SMILES string of the molecule is Cc1cn([C@H]2C[C@H](OP(=O)(O)OC[C@H]3O[C@@H](n4cnc5c(N)ncnc54)C[C@@H]3OP(=O)(O)OC[C@H]3O[C@@H](n4cnc5c(=O)[nH]c(N)nc54)C[C@@H]3O)[C@@H](COP(=O)(O)O[C@H]3C[C@H](n4cc(C)c(=O)[nH]c4=O)O[C@@H]3COP(=O)(O)O[C@H]3C[C@H](n4cnc5c(=O)[nH]c(N)nc54)O[C@@H]3CO)O2)c(=O)[nH]c1=O. The number of aromatic nitrogens is 16. The van der Waals surface area contributed by atoms with E-state index in [-0.39, 0.29) is 81.6 Å². The lowest BCUT2D eigenvalue weighted by atomic mass is 10.2. The first-order valence-electron chi connectivity index (χ1n) is 30.5. The third-order valence-electron chi connectivity index (χ3n) is 16.9. The van der Waals surface area contributed by atoms with Crippen molar-refractivity contribution >= 4 is 82.5 Å². The van der Waals surface area contributed by atoms with Gasteiger partial charge >= 0.3 is 42.7 Å². The summed E-state index contributed by atoms with van der Waals surface area (Å²) < 4.78 is 135. The Kier molecular flexibility index (Phi) is 20.1. The summed E-state index contributed by atoms with van der Waals surface area (Å²) in [5.74, 6) is -0.529. The number of hydrogen-bond donors (Lipinski definition) is 13. The van der Waals surface area contributed by atoms with Gasteiger partial charge < -0.3 is 70.7 Å². The van der Waals surface area contributed by atoms with Crippen molar-refractivity contribution in [3.8, 4) is 0 Å². The maximum Gasteiger partial charge on any atom is 0.472 e. The van der Waals surface area contributed by atoms with Crippen molar-refractivity contribution < 1.29 is 108 Å². The number of anilines is 3. The fraction of sp³-hybridized carbons (Fsp3) is 0.540. The standard InChI is InChI=1S/C50H63N19O29P4/c1-19-8-65(49(76)63-43(19)72)32-5-23(28(92-32)12-87-100(80,81)95-22-4-35(90-26(22)10-70)69-18-58-38-42(69)60-48(53)62-46(38)75)96-101(82,83)88-13-29-24(6-33(93-29)66-9-20(2)44(73)64-50(66)77)97-102(84,85)89-14-30-25(7-34(94-30)67-16-56-36-39(51)54-15-55-40(36)67)98-99(78,79)86-11-27-21(71)3-31(91-27)68-17-57-37-41(68)59-47(52)61-45(37)74/h8-9,15-18,21-35,70-71H,3-7,10-14H2,1-2H3,(H,78,79)(H,80,81)(H,82,83)(H,84,85)(H2,51,54,55)(H,63,72,76)(H,64,73,77)(H3,52,59,61,74)(H3,53,60,62,75)/t21-,22-,23-,24-,25-,26+,27+,28+,29+,30+,31+,32+,33+,34+,35+/m0/s1. The second kappa shape index (κ2) is 28.3. The molecule has 48 nitrogen and oxygen atoms in total. The highest BCUT2D eigenvalue weighted by atomic mass is 31.2. The number of aryl methyl sites for hydroxylation is 2. The largest absolute Gasteiger partial charge is 0.472 e. The first-order valence-corrected chi connectivity index (χ1v) is 36.5. The number of nitrogens with one attached hydrogen (secondary N) is 4. The van der Waals surface area contributed by atoms with Crippen LogP contribution in [0.25, 0.3) is 33.5 Å². The summed E-state index contributed by atoms with van der Waals surface area (Å²) in [4.78, 5) is 159. The minimum atomic E-state index is -5.55. The van der Waals surface area contributed by atoms with E-state index in [4.69, 9.17) is 77.1 Å². The number of rotatable bonds is 26. The Morgan fingerprint density at radius 1 is 0.461 bits per heavy atom. The van der Waals surface area contributed by atoms with E-state index in [1.54, 1.807) is 0 Å². The van der Waals surface area contributed by atoms with Gasteiger partial charge in [-0.2, -0.15) is 9.97 Å². The van der Waals surface area contributed by atoms with Gasteiger partial charge in [-0.3, -0.25) is 98.1 Å². The van der Waals surface area contributed by atoms with E-state index in [9.17, 15) is 76.8 Å². The third kappa shape index (κ3) is 15.4. The van der Waals surface area contributed by atoms with Gasteiger partial charge in [-0.25, -0.2) is 52.8 Å². The van der Waals surface area contributed by atoms with Crippen LogP contribution in [0.2, 0.25) is 0 Å². The molecule has 0 saturated carbocycles. The number of nitrogen functional groups attached to an aromatic ring is 3. The first kappa shape index (κ1) is 72.5. The van der Waals surface area contributed by atoms with Crippen molar-refractivity contribution in [2.75, 3.05) is 50.2 Å². The van der Waals surface area contributed by atoms with Crippen LogP contribution in [0.3, 0.4) is 0 Å². The molecule has 552 valence electrons. The summed E-state index contributed by atoms with van der Waals surface area (Å²) in [6, 6.07) is 0. The average molecular weight is 1520 g/mol. The van der Waals surface area contributed by atoms with Crippen molar-refractivity contribution in [2.24, 2.45) is 0 Å². The number of imidazole rings is 3. The number of fused-ring (bicyclic) bond motifs is 3. The number of aliphatic hydroxyl groups excluding tert-OH is 2. The number of nitrogens with zero attached hydrogens (tertiary/aromatic N) is 12. The van der Waals surface area contributed by atoms with Crippen LogP contribution in [-0.4, -0.2) is 202 Å². The summed E-state index contributed by atoms with van der Waals surface area (Å²) in [5, 5.41) is 21.2. The molecule has 0 spiro atoms. The van der Waals surface area contributed by atoms with Crippen LogP contribution < -0.4 is 50.8 Å². The van der Waals surface area contributed by atoms with Crippen molar-refractivity contribution in [2.45, 2.75) is 138 Å². The highest BCUT2D eigenvalue weighted by Gasteiger charge is 2.50. The van der Waals surface area contributed by atoms with Crippen molar-refractivity contribution in [1.29, 1.82) is 0 Å². The Hall–Kier alpha value is -7.83. The number of aliphatic hydroxyl groups is 2. The molecule has 8 aromatic rings. The highest BCUT2D eigenvalue weighted by molar-refractivity contribution is 7.48. The maximum atomic E-state index is 14.2. The zero-order valence-corrected chi connectivity index (χ0v) is 56.2. The van der Waals surface area contributed by atoms with E-state index in [0.29, 0.717) is 0 Å². The highest BCUT2D eigenvalue weighted by Crippen LogP contribution is 2.55. The molecule has 16 N–H and O–H groups in total. The van der Waals surface area contributed by atoms with E-state index in [1.165, 1.54) is 46.5 Å². The number of H-pyrrole nitrogens is 4. The van der Waals surface area contributed by atoms with E-state index in [0.717, 1.165) is 27.9 Å². The Balaban J connectivity index is 0.695. The van der Waals surface area contributed by atoms with Crippen LogP contribution in [0.15, 0.2) is 66.5 Å². The molecule has 0 radical (unpaired) electrons. The minimum absolute atomic E-state index is 0.00639. The van der Waals surface area contributed by atoms with Gasteiger partial charge in [0.25, 0.3) is 22.2 Å². The van der Waals surface area contributed by atoms with Crippen LogP contribution in [0.5, 0.6) is 0 Å². The fourth-order valence-electron chi connectivity index (χ4n) is 12.0. The van der Waals surface area contributed by atoms with Gasteiger partial charge in [0.1, 0.15) is 97.9 Å². The summed E-state index contributed by atoms with van der Waals surface area (Å²) in [6.45, 7) is -1.97. The van der Waals surface area contributed by atoms with Crippen molar-refractivity contribution in [1.82, 2.24) is 77.7 Å². The van der Waals surface area contributed by atoms with Crippen molar-refractivity contribution in [3.63, 3.8) is 0 Å². The number of hydrogen-bond acceptors (Lipinski definition) is 35. The zero-order valence-electron chi connectivity index (χ0n) is 52.7. The second-order valence-electron chi connectivity index (χ2n) is 23.8. The smallest absolute Gasteiger partial charge is 0.394 e. The Morgan fingerprint density at radius 2 is 0.804 bits per heavy atom. The summed E-state index contributed by atoms with van der Waals surface area (Å²) in [7, 11) is -21.6. The maximum absolute atomic E-state index is 14.2. The van der Waals surface area contributed by atoms with Gasteiger partial charge in [-0.15, -0.1) is 0 Å². The van der Waals surface area contributed by atoms with Crippen LogP contribution in [0.1, 0.15) is 74.4 Å². The molecule has 102 heavy (non-hydrogen) atoms. The molecular weight excluding hydrogens is 1450 g/mol. The van der Waals surface area contributed by atoms with E-state index >= 15 is 0 Å². The summed E-state index contributed by atoms with van der Waals surface area (Å²) in [5.41, 5.74) is 12.5. The average Bonchev–Trinajstić information content (AvgIpc) is 1.64. The van der Waals surface area contributed by atoms with Gasteiger partial charge in [0, 0.05) is 55.6 Å². The lowest BCUT2D eigenvalue weighted by molar-refractivity contribution is -0.0643. The predicted molar refractivity (Wildman–Crippen MR) is 335 cm³/mol. The van der Waals surface area contributed by atoms with Crippen LogP contribution in [0.4, 0.5) is 17.7 Å². The van der Waals surface area contributed by atoms with Gasteiger partial charge in [-0.1, -0.05) is 0 Å². The normalized spacial score (nSPS) is 29.2. The van der Waals surface area contributed by atoms with Gasteiger partial charge in [0.05, 0.1) is 58.1 Å². The molecule has 4 unspecified atom stereocenters. The van der Waals surface area contributed by atoms with Crippen LogP contribution in [-0.2, 0) is 78.1 Å². The topological polar surface area (TPSA) is 668 Å². The molecule has 5 aliphatic rings. The molecule has 13 rings (SSSR count). The molecule has 0 aliphatic carbocycles. The Bertz CT molecular complexity index is 5100. The first-order chi connectivity index (χ1) is 48.3. The predicted octanol–water partition coefficient (Wildman–Crippen LogP) is -2.64. The lowest BCUT2D eigenvalue weighted by Gasteiger charge is -2.25. The Morgan fingerprint density at radius 3 is 1.22 bits per heavy atom. The molecular formula is C50H63N19O29P4. The van der Waals surface area contributed by atoms with Crippen LogP contribution in [0, 0.1) is 13.8 Å². The van der Waals surface area contributed by atoms with Crippen molar-refractivity contribution in [3.05, 3.63) is 111 Å². The molecule has 5 fully saturated rings. The number of phosphoric ester groups is 4. The number of aromatic amines is 4. The van der Waals surface area contributed by atoms with Gasteiger partial charge in [0.2, 0.25) is 11.9 Å². The molecule has 5 saturated heterocycles. The van der Waals surface area contributed by atoms with E-state index in [2.05, 4.69) is 54.8 Å². The second-order valence-corrected chi connectivity index (χ2v) is 29.4. The molecule has 0 amide bonds. The fourth-order valence-corrected chi connectivity index (χ4v) is 15.9. The summed E-state index contributed by atoms with van der Waals surface area (Å²) in [6.07, 6.45) is -16.6. The molecule has 5 aliphatic heterocycles. The zero-order chi connectivity index (χ0) is 72.6. The number of phosphoric acid groups is 4. The van der Waals surface area contributed by atoms with E-state index < -0.39 is 203 Å². The van der Waals surface area contributed by atoms with Crippen LogP contribution >= 0.6 is 31.3 Å². The van der Waals surface area contributed by atoms with E-state index in [1.807, 2.05) is 0 Å². The van der Waals surface area contributed by atoms with Gasteiger partial charge in [0.15, 0.2) is 33.8 Å². The minimum Gasteiger partial charge on any atom is -0.394 e. The molecule has 19 atom stereocenters. The molecule has 52 heteroatoms. The van der Waals surface area contributed by atoms with Gasteiger partial charge in [-0.05, 0) is 13.8 Å². The monoisotopic (exact) mass is 1520 g/mol.